The summed E-state index contributed by atoms with van der Waals surface area (Å²) in [5.74, 6) is -0.595. The molecule has 0 atom stereocenters. The van der Waals surface area contributed by atoms with E-state index in [1.54, 1.807) is 6.08 Å². The molecule has 2 saturated carbocycles. The van der Waals surface area contributed by atoms with E-state index >= 15 is 0 Å². The number of hydrogen-bond acceptors (Lipinski definition) is 5. The van der Waals surface area contributed by atoms with Gasteiger partial charge >= 0.3 is 0 Å². The highest BCUT2D eigenvalue weighted by Gasteiger charge is 2.38. The van der Waals surface area contributed by atoms with Crippen LogP contribution in [0.3, 0.4) is 0 Å². The molecular formula is C23H31N5O4. The fourth-order valence-electron chi connectivity index (χ4n) is 3.98. The summed E-state index contributed by atoms with van der Waals surface area (Å²) in [5, 5.41) is 20.9. The molecule has 2 fully saturated rings. The van der Waals surface area contributed by atoms with E-state index in [2.05, 4.69) is 15.7 Å². The molecule has 0 saturated heterocycles. The maximum Gasteiger partial charge on any atom is 0.291 e. The van der Waals surface area contributed by atoms with Crippen LogP contribution in [0.5, 0.6) is 5.88 Å². The van der Waals surface area contributed by atoms with Gasteiger partial charge in [0.25, 0.3) is 11.5 Å². The summed E-state index contributed by atoms with van der Waals surface area (Å²) in [7, 11) is 0. The molecule has 32 heavy (non-hydrogen) atoms. The maximum absolute atomic E-state index is 13.0. The Morgan fingerprint density at radius 1 is 1.28 bits per heavy atom. The summed E-state index contributed by atoms with van der Waals surface area (Å²) < 4.78 is 2.64. The Kier molecular flexibility index (Phi) is 5.60. The lowest BCUT2D eigenvalue weighted by molar-refractivity contribution is -0.118. The largest absolute Gasteiger partial charge is 0.494 e. The molecule has 0 spiro atoms. The van der Waals surface area contributed by atoms with Crippen molar-refractivity contribution in [3.63, 3.8) is 0 Å². The van der Waals surface area contributed by atoms with Crippen LogP contribution in [-0.2, 0) is 11.3 Å². The number of aromatic hydroxyl groups is 1. The lowest BCUT2D eigenvalue weighted by Gasteiger charge is -2.25. The molecule has 2 aliphatic carbocycles. The quantitative estimate of drug-likeness (QED) is 0.542. The van der Waals surface area contributed by atoms with Crippen molar-refractivity contribution in [1.29, 1.82) is 0 Å². The molecule has 0 aromatic carbocycles. The summed E-state index contributed by atoms with van der Waals surface area (Å²) >= 11 is 0. The molecule has 0 radical (unpaired) electrons. The van der Waals surface area contributed by atoms with Gasteiger partial charge in [0.2, 0.25) is 11.8 Å². The maximum atomic E-state index is 13.0. The van der Waals surface area contributed by atoms with E-state index in [9.17, 15) is 19.5 Å². The van der Waals surface area contributed by atoms with Gasteiger partial charge in [0.05, 0.1) is 6.20 Å². The summed E-state index contributed by atoms with van der Waals surface area (Å²) in [5.41, 5.74) is -0.423. The Hall–Kier alpha value is -3.10. The van der Waals surface area contributed by atoms with E-state index in [0.717, 1.165) is 30.2 Å². The van der Waals surface area contributed by atoms with Gasteiger partial charge in [-0.15, -0.1) is 0 Å². The van der Waals surface area contributed by atoms with Crippen molar-refractivity contribution in [2.45, 2.75) is 71.5 Å². The van der Waals surface area contributed by atoms with Crippen molar-refractivity contribution < 1.29 is 14.7 Å². The first kappa shape index (κ1) is 22.1. The molecule has 2 aromatic rings. The van der Waals surface area contributed by atoms with Crippen LogP contribution in [0, 0.1) is 11.8 Å². The number of nitrogens with zero attached hydrogens (tertiary/aromatic N) is 3. The number of nitrogens with one attached hydrogen (secondary N) is 2. The zero-order valence-electron chi connectivity index (χ0n) is 19.0. The van der Waals surface area contributed by atoms with Gasteiger partial charge < -0.3 is 15.7 Å². The van der Waals surface area contributed by atoms with Crippen LogP contribution in [0.4, 0.5) is 0 Å². The van der Waals surface area contributed by atoms with E-state index < -0.39 is 11.5 Å². The van der Waals surface area contributed by atoms with Crippen LogP contribution in [0.1, 0.15) is 69.3 Å². The molecule has 0 aliphatic heterocycles. The minimum atomic E-state index is -0.686. The van der Waals surface area contributed by atoms with Crippen molar-refractivity contribution in [3.05, 3.63) is 33.8 Å². The van der Waals surface area contributed by atoms with E-state index in [4.69, 9.17) is 0 Å². The molecule has 9 heteroatoms. The second-order valence-electron chi connectivity index (χ2n) is 9.91. The third kappa shape index (κ3) is 4.42. The summed E-state index contributed by atoms with van der Waals surface area (Å²) in [6.07, 6.45) is 8.42. The third-order valence-corrected chi connectivity index (χ3v) is 6.06. The first-order valence-electron chi connectivity index (χ1n) is 11.2. The monoisotopic (exact) mass is 441 g/mol. The van der Waals surface area contributed by atoms with Crippen molar-refractivity contribution in [1.82, 2.24) is 24.8 Å². The molecule has 4 rings (SSSR count). The highest BCUT2D eigenvalue weighted by Crippen LogP contribution is 2.39. The average Bonchev–Trinajstić information content (AvgIpc) is 3.61. The first-order valence-corrected chi connectivity index (χ1v) is 11.2. The fourth-order valence-corrected chi connectivity index (χ4v) is 3.98. The average molecular weight is 442 g/mol. The zero-order valence-corrected chi connectivity index (χ0v) is 19.0. The smallest absolute Gasteiger partial charge is 0.291 e. The van der Waals surface area contributed by atoms with Crippen molar-refractivity contribution in [2.75, 3.05) is 0 Å². The summed E-state index contributed by atoms with van der Waals surface area (Å²) in [6, 6.07) is 0.0464. The Balaban J connectivity index is 1.72. The Morgan fingerprint density at radius 2 is 1.97 bits per heavy atom. The van der Waals surface area contributed by atoms with Gasteiger partial charge in [-0.2, -0.15) is 9.61 Å². The number of hydrogen-bond donors (Lipinski definition) is 3. The van der Waals surface area contributed by atoms with E-state index in [0.29, 0.717) is 23.7 Å². The number of aromatic nitrogens is 3. The Bertz CT molecular complexity index is 1150. The van der Waals surface area contributed by atoms with Gasteiger partial charge in [-0.25, -0.2) is 0 Å². The number of fused-ring (bicyclic) bond motifs is 1. The number of rotatable bonds is 8. The van der Waals surface area contributed by atoms with E-state index in [-0.39, 0.29) is 34.8 Å². The fraction of sp³-hybridized carbons (Fsp3) is 0.565. The summed E-state index contributed by atoms with van der Waals surface area (Å²) in [6.45, 7) is 8.33. The standard InChI is InChI=1S/C23H31N5O4/c1-13(2)12-27-20-14(5-10-17(29)26-23(3,4)15-6-7-15)11-24-28(20)22(32)18(21(27)31)19(30)25-16-8-9-16/h5,10-11,13,15-16,31H,6-9,12H2,1-4H3,(H,25,30)(H,26,29)/b10-5+. The molecule has 9 nitrogen and oxygen atoms in total. The Morgan fingerprint density at radius 3 is 2.56 bits per heavy atom. The second kappa shape index (κ2) is 8.11. The van der Waals surface area contributed by atoms with Crippen LogP contribution >= 0.6 is 0 Å². The lowest BCUT2D eigenvalue weighted by Crippen LogP contribution is -2.44. The second-order valence-corrected chi connectivity index (χ2v) is 9.91. The van der Waals surface area contributed by atoms with E-state index in [1.807, 2.05) is 27.7 Å². The third-order valence-electron chi connectivity index (χ3n) is 6.06. The van der Waals surface area contributed by atoms with Crippen LogP contribution < -0.4 is 16.2 Å². The minimum absolute atomic E-state index is 0.0464. The molecular weight excluding hydrogens is 410 g/mol. The molecule has 0 unspecified atom stereocenters. The van der Waals surface area contributed by atoms with Crippen LogP contribution in [0.25, 0.3) is 11.7 Å². The predicted octanol–water partition coefficient (Wildman–Crippen LogP) is 2.07. The molecule has 2 aliphatic rings. The number of carbonyl (C=O) groups is 2. The molecule has 2 amide bonds. The van der Waals surface area contributed by atoms with Crippen molar-refractivity contribution in [2.24, 2.45) is 11.8 Å². The van der Waals surface area contributed by atoms with Gasteiger partial charge in [0, 0.05) is 29.8 Å². The molecule has 172 valence electrons. The first-order chi connectivity index (χ1) is 15.1. The van der Waals surface area contributed by atoms with Gasteiger partial charge in [-0.05, 0) is 57.4 Å². The van der Waals surface area contributed by atoms with Crippen LogP contribution in [0.2, 0.25) is 0 Å². The highest BCUT2D eigenvalue weighted by atomic mass is 16.3. The number of amides is 2. The highest BCUT2D eigenvalue weighted by molar-refractivity contribution is 5.97. The van der Waals surface area contributed by atoms with Gasteiger partial charge in [-0.3, -0.25) is 19.0 Å². The normalized spacial score (nSPS) is 16.8. The van der Waals surface area contributed by atoms with Crippen LogP contribution in [-0.4, -0.2) is 42.7 Å². The predicted molar refractivity (Wildman–Crippen MR) is 120 cm³/mol. The SMILES string of the molecule is CC(C)Cn1c(O)c(C(=O)NC2CC2)c(=O)n2ncc(/C=C/C(=O)NC(C)(C)C3CC3)c12. The van der Waals surface area contributed by atoms with Gasteiger partial charge in [0.15, 0.2) is 5.56 Å². The van der Waals surface area contributed by atoms with Gasteiger partial charge in [0.1, 0.15) is 5.65 Å². The van der Waals surface area contributed by atoms with Crippen molar-refractivity contribution in [3.8, 4) is 5.88 Å². The Labute approximate surface area is 186 Å². The topological polar surface area (TPSA) is 118 Å². The van der Waals surface area contributed by atoms with Gasteiger partial charge in [-0.1, -0.05) is 13.8 Å². The van der Waals surface area contributed by atoms with Crippen molar-refractivity contribution >= 4 is 23.5 Å². The van der Waals surface area contributed by atoms with Crippen LogP contribution in [0.15, 0.2) is 17.1 Å². The summed E-state index contributed by atoms with van der Waals surface area (Å²) in [4.78, 5) is 38.1. The van der Waals surface area contributed by atoms with E-state index in [1.165, 1.54) is 16.8 Å². The molecule has 3 N–H and O–H groups in total. The minimum Gasteiger partial charge on any atom is -0.494 e. The lowest BCUT2D eigenvalue weighted by atomic mass is 9.99. The number of carbonyl (C=O) groups excluding carboxylic acids is 2. The zero-order chi connectivity index (χ0) is 23.2. The molecule has 2 heterocycles. The molecule has 0 bridgehead atoms. The molecule has 2 aromatic heterocycles.